The Morgan fingerprint density at radius 3 is 2.54 bits per heavy atom. The molecule has 0 radical (unpaired) electrons. The Bertz CT molecular complexity index is 863. The van der Waals surface area contributed by atoms with Crippen LogP contribution < -0.4 is 9.62 Å². The Kier molecular flexibility index (Phi) is 5.79. The number of benzene rings is 1. The van der Waals surface area contributed by atoms with Gasteiger partial charge >= 0.3 is 0 Å². The molecule has 3 rings (SSSR count). The van der Waals surface area contributed by atoms with Gasteiger partial charge in [-0.15, -0.1) is 5.10 Å². The molecule has 1 aliphatic heterocycles. The second kappa shape index (κ2) is 7.90. The average molecular weight is 395 g/mol. The summed E-state index contributed by atoms with van der Waals surface area (Å²) in [5.41, 5.74) is 1.48. The quantitative estimate of drug-likeness (QED) is 0.843. The van der Waals surface area contributed by atoms with Crippen LogP contribution >= 0.6 is 11.6 Å². The summed E-state index contributed by atoms with van der Waals surface area (Å²) >= 11 is 6.04. The number of aromatic nitrogens is 2. The summed E-state index contributed by atoms with van der Waals surface area (Å²) in [6, 6.07) is 8.87. The number of halogens is 1. The summed E-state index contributed by atoms with van der Waals surface area (Å²) < 4.78 is 27.9. The Morgan fingerprint density at radius 1 is 1.15 bits per heavy atom. The minimum absolute atomic E-state index is 0.248. The summed E-state index contributed by atoms with van der Waals surface area (Å²) in [6.07, 6.45) is 1.82. The fourth-order valence-electron chi connectivity index (χ4n) is 3.11. The maximum atomic E-state index is 12.6. The van der Waals surface area contributed by atoms with Crippen molar-refractivity contribution in [3.8, 4) is 0 Å². The molecule has 140 valence electrons. The highest BCUT2D eigenvalue weighted by molar-refractivity contribution is 7.89. The third kappa shape index (κ3) is 4.34. The van der Waals surface area contributed by atoms with Crippen molar-refractivity contribution in [3.05, 3.63) is 46.6 Å². The summed E-state index contributed by atoms with van der Waals surface area (Å²) in [7, 11) is -3.55. The lowest BCUT2D eigenvalue weighted by Crippen LogP contribution is -2.39. The predicted octanol–water partition coefficient (Wildman–Crippen LogP) is 2.94. The van der Waals surface area contributed by atoms with Gasteiger partial charge in [-0.05, 0) is 62.4 Å². The summed E-state index contributed by atoms with van der Waals surface area (Å²) in [6.45, 7) is 5.76. The van der Waals surface area contributed by atoms with Crippen LogP contribution in [0.25, 0.3) is 0 Å². The first-order valence-electron chi connectivity index (χ1n) is 8.67. The fraction of sp³-hybridized carbons (Fsp3) is 0.444. The Morgan fingerprint density at radius 2 is 1.88 bits per heavy atom. The molecule has 0 bridgehead atoms. The van der Waals surface area contributed by atoms with Gasteiger partial charge in [-0.1, -0.05) is 17.7 Å². The zero-order valence-electron chi connectivity index (χ0n) is 14.9. The number of aryl methyl sites for hydroxylation is 1. The highest BCUT2D eigenvalue weighted by Crippen LogP contribution is 2.24. The van der Waals surface area contributed by atoms with Crippen molar-refractivity contribution in [1.29, 1.82) is 0 Å². The van der Waals surface area contributed by atoms with Crippen molar-refractivity contribution in [2.45, 2.75) is 31.6 Å². The zero-order valence-corrected chi connectivity index (χ0v) is 16.5. The van der Waals surface area contributed by atoms with Crippen molar-refractivity contribution in [2.24, 2.45) is 5.92 Å². The molecule has 1 aromatic carbocycles. The van der Waals surface area contributed by atoms with E-state index in [1.54, 1.807) is 25.1 Å². The van der Waals surface area contributed by atoms with Gasteiger partial charge in [0.25, 0.3) is 0 Å². The molecular formula is C18H23ClN4O2S. The molecule has 0 spiro atoms. The second-order valence-electron chi connectivity index (χ2n) is 6.68. The summed E-state index contributed by atoms with van der Waals surface area (Å²) in [5, 5.41) is 8.78. The molecule has 0 aliphatic carbocycles. The van der Waals surface area contributed by atoms with Crippen LogP contribution in [-0.2, 0) is 10.0 Å². The highest BCUT2D eigenvalue weighted by Gasteiger charge is 2.24. The average Bonchev–Trinajstić information content (AvgIpc) is 2.63. The van der Waals surface area contributed by atoms with Crippen LogP contribution in [0, 0.1) is 19.8 Å². The standard InChI is InChI=1S/C18H23ClN4O2S/c1-13-6-7-18(22-21-13)23-10-8-15(9-11-23)12-20-26(24,25)17-5-3-4-16(19)14(17)2/h3-7,15,20H,8-12H2,1-2H3. The summed E-state index contributed by atoms with van der Waals surface area (Å²) in [4.78, 5) is 2.44. The van der Waals surface area contributed by atoms with Crippen molar-refractivity contribution in [1.82, 2.24) is 14.9 Å². The molecule has 0 saturated carbocycles. The lowest BCUT2D eigenvalue weighted by Gasteiger charge is -2.32. The molecule has 26 heavy (non-hydrogen) atoms. The Labute approximate surface area is 159 Å². The molecule has 8 heteroatoms. The van der Waals surface area contributed by atoms with Crippen molar-refractivity contribution in [3.63, 3.8) is 0 Å². The first-order valence-corrected chi connectivity index (χ1v) is 10.5. The Hall–Kier alpha value is -1.70. The van der Waals surface area contributed by atoms with Crippen LogP contribution in [0.1, 0.15) is 24.1 Å². The van der Waals surface area contributed by atoms with Gasteiger partial charge in [0.1, 0.15) is 0 Å². The molecule has 6 nitrogen and oxygen atoms in total. The third-order valence-corrected chi connectivity index (χ3v) is 6.77. The van der Waals surface area contributed by atoms with Crippen molar-refractivity contribution < 1.29 is 8.42 Å². The number of nitrogens with zero attached hydrogens (tertiary/aromatic N) is 3. The SMILES string of the molecule is Cc1ccc(N2CCC(CNS(=O)(=O)c3cccc(Cl)c3C)CC2)nn1. The lowest BCUT2D eigenvalue weighted by molar-refractivity contribution is 0.400. The molecule has 1 aliphatic rings. The smallest absolute Gasteiger partial charge is 0.240 e. The molecule has 1 N–H and O–H groups in total. The van der Waals surface area contributed by atoms with E-state index in [9.17, 15) is 8.42 Å². The van der Waals surface area contributed by atoms with Gasteiger partial charge in [0, 0.05) is 24.7 Å². The van der Waals surface area contributed by atoms with Crippen LogP contribution in [0.5, 0.6) is 0 Å². The van der Waals surface area contributed by atoms with Gasteiger partial charge in [0.15, 0.2) is 5.82 Å². The van der Waals surface area contributed by atoms with E-state index >= 15 is 0 Å². The van der Waals surface area contributed by atoms with E-state index in [1.165, 1.54) is 0 Å². The van der Waals surface area contributed by atoms with Gasteiger partial charge in [-0.25, -0.2) is 13.1 Å². The van der Waals surface area contributed by atoms with Gasteiger partial charge < -0.3 is 4.90 Å². The molecule has 1 fully saturated rings. The number of hydrogen-bond acceptors (Lipinski definition) is 5. The monoisotopic (exact) mass is 394 g/mol. The number of nitrogens with one attached hydrogen (secondary N) is 1. The van der Waals surface area contributed by atoms with E-state index in [0.29, 0.717) is 23.0 Å². The minimum atomic E-state index is -3.55. The van der Waals surface area contributed by atoms with Crippen LogP contribution in [0.15, 0.2) is 35.2 Å². The van der Waals surface area contributed by atoms with E-state index in [2.05, 4.69) is 19.8 Å². The Balaban J connectivity index is 1.56. The highest BCUT2D eigenvalue weighted by atomic mass is 35.5. The van der Waals surface area contributed by atoms with E-state index in [4.69, 9.17) is 11.6 Å². The van der Waals surface area contributed by atoms with Crippen LogP contribution in [0.4, 0.5) is 5.82 Å². The van der Waals surface area contributed by atoms with E-state index < -0.39 is 10.0 Å². The third-order valence-electron chi connectivity index (χ3n) is 4.79. The molecule has 2 heterocycles. The van der Waals surface area contributed by atoms with E-state index in [-0.39, 0.29) is 4.90 Å². The van der Waals surface area contributed by atoms with Crippen LogP contribution in [0.2, 0.25) is 5.02 Å². The predicted molar refractivity (Wildman–Crippen MR) is 103 cm³/mol. The van der Waals surface area contributed by atoms with Gasteiger partial charge in [0.2, 0.25) is 10.0 Å². The molecule has 1 saturated heterocycles. The molecule has 2 aromatic rings. The topological polar surface area (TPSA) is 75.2 Å². The molecular weight excluding hydrogens is 372 g/mol. The van der Waals surface area contributed by atoms with Gasteiger partial charge in [-0.3, -0.25) is 0 Å². The summed E-state index contributed by atoms with van der Waals surface area (Å²) in [5.74, 6) is 1.18. The first kappa shape index (κ1) is 19.1. The molecule has 0 atom stereocenters. The minimum Gasteiger partial charge on any atom is -0.355 e. The number of rotatable bonds is 5. The van der Waals surface area contributed by atoms with E-state index in [0.717, 1.165) is 37.4 Å². The zero-order chi connectivity index (χ0) is 18.7. The number of hydrogen-bond donors (Lipinski definition) is 1. The van der Waals surface area contributed by atoms with Crippen molar-refractivity contribution in [2.75, 3.05) is 24.5 Å². The fourth-order valence-corrected chi connectivity index (χ4v) is 4.72. The van der Waals surface area contributed by atoms with Crippen LogP contribution in [0.3, 0.4) is 0 Å². The van der Waals surface area contributed by atoms with Gasteiger partial charge in [0.05, 0.1) is 10.6 Å². The van der Waals surface area contributed by atoms with E-state index in [1.807, 2.05) is 19.1 Å². The normalized spacial score (nSPS) is 16.0. The number of sulfonamides is 1. The molecule has 1 aromatic heterocycles. The van der Waals surface area contributed by atoms with Gasteiger partial charge in [-0.2, -0.15) is 5.10 Å². The molecule has 0 unspecified atom stereocenters. The number of piperidine rings is 1. The first-order chi connectivity index (χ1) is 12.4. The number of anilines is 1. The largest absolute Gasteiger partial charge is 0.355 e. The maximum Gasteiger partial charge on any atom is 0.240 e. The van der Waals surface area contributed by atoms with Crippen LogP contribution in [-0.4, -0.2) is 38.2 Å². The molecule has 0 amide bonds. The second-order valence-corrected chi connectivity index (χ2v) is 8.82. The lowest BCUT2D eigenvalue weighted by atomic mass is 9.97. The maximum absolute atomic E-state index is 12.6. The van der Waals surface area contributed by atoms with Crippen molar-refractivity contribution >= 4 is 27.4 Å².